The molecule has 1 rings (SSSR count). The van der Waals surface area contributed by atoms with Crippen molar-refractivity contribution in [2.75, 3.05) is 23.9 Å². The van der Waals surface area contributed by atoms with Crippen molar-refractivity contribution in [3.05, 3.63) is 30.3 Å². The van der Waals surface area contributed by atoms with Crippen molar-refractivity contribution in [3.63, 3.8) is 0 Å². The zero-order valence-electron chi connectivity index (χ0n) is 8.69. The third kappa shape index (κ3) is 4.22. The summed E-state index contributed by atoms with van der Waals surface area (Å²) in [4.78, 5) is 2.20. The highest BCUT2D eigenvalue weighted by Gasteiger charge is 2.04. The molecule has 1 aromatic carbocycles. The molecule has 0 radical (unpaired) electrons. The number of hydrogen-bond acceptors (Lipinski definition) is 2. The average Bonchev–Trinajstić information content (AvgIpc) is 2.30. The molecule has 0 fully saturated rings. The Morgan fingerprint density at radius 2 is 1.93 bits per heavy atom. The lowest BCUT2D eigenvalue weighted by molar-refractivity contribution is 0.770. The lowest BCUT2D eigenvalue weighted by Crippen LogP contribution is -2.25. The SMILES string of the molecule is N#CCCN(CCCCl)c1ccccc1. The van der Waals surface area contributed by atoms with Crippen LogP contribution in [0.15, 0.2) is 30.3 Å². The van der Waals surface area contributed by atoms with Gasteiger partial charge in [0.2, 0.25) is 0 Å². The smallest absolute Gasteiger partial charge is 0.0640 e. The number of hydrogen-bond donors (Lipinski definition) is 0. The van der Waals surface area contributed by atoms with Gasteiger partial charge in [0, 0.05) is 24.7 Å². The lowest BCUT2D eigenvalue weighted by atomic mass is 10.2. The van der Waals surface area contributed by atoms with Gasteiger partial charge in [-0.15, -0.1) is 11.6 Å². The van der Waals surface area contributed by atoms with E-state index in [1.54, 1.807) is 0 Å². The molecule has 0 unspecified atom stereocenters. The summed E-state index contributed by atoms with van der Waals surface area (Å²) < 4.78 is 0. The molecular weight excluding hydrogens is 208 g/mol. The number of nitriles is 1. The van der Waals surface area contributed by atoms with Gasteiger partial charge in [0.1, 0.15) is 0 Å². The van der Waals surface area contributed by atoms with E-state index in [2.05, 4.69) is 23.1 Å². The van der Waals surface area contributed by atoms with E-state index in [4.69, 9.17) is 16.9 Å². The highest BCUT2D eigenvalue weighted by molar-refractivity contribution is 6.17. The van der Waals surface area contributed by atoms with E-state index in [0.717, 1.165) is 25.2 Å². The van der Waals surface area contributed by atoms with E-state index >= 15 is 0 Å². The van der Waals surface area contributed by atoms with Gasteiger partial charge in [-0.25, -0.2) is 0 Å². The molecule has 0 heterocycles. The van der Waals surface area contributed by atoms with Crippen molar-refractivity contribution in [1.82, 2.24) is 0 Å². The quantitative estimate of drug-likeness (QED) is 0.692. The average molecular weight is 223 g/mol. The van der Waals surface area contributed by atoms with Crippen molar-refractivity contribution >= 4 is 17.3 Å². The molecule has 0 N–H and O–H groups in total. The van der Waals surface area contributed by atoms with E-state index in [0.29, 0.717) is 12.3 Å². The molecule has 0 amide bonds. The number of alkyl halides is 1. The number of nitrogens with zero attached hydrogens (tertiary/aromatic N) is 2. The van der Waals surface area contributed by atoms with Crippen molar-refractivity contribution in [1.29, 1.82) is 5.26 Å². The Morgan fingerprint density at radius 1 is 1.20 bits per heavy atom. The molecule has 15 heavy (non-hydrogen) atoms. The van der Waals surface area contributed by atoms with E-state index in [-0.39, 0.29) is 0 Å². The first kappa shape index (κ1) is 11.9. The van der Waals surface area contributed by atoms with Crippen LogP contribution in [-0.2, 0) is 0 Å². The normalized spacial score (nSPS) is 9.60. The van der Waals surface area contributed by atoms with Crippen LogP contribution in [0.4, 0.5) is 5.69 Å². The first-order valence-electron chi connectivity index (χ1n) is 5.11. The maximum atomic E-state index is 8.58. The van der Waals surface area contributed by atoms with Crippen LogP contribution in [0, 0.1) is 11.3 Å². The zero-order valence-corrected chi connectivity index (χ0v) is 9.45. The zero-order chi connectivity index (χ0) is 10.9. The van der Waals surface area contributed by atoms with Gasteiger partial charge in [0.05, 0.1) is 12.5 Å². The Labute approximate surface area is 96.1 Å². The molecule has 0 bridgehead atoms. The van der Waals surface area contributed by atoms with Crippen LogP contribution >= 0.6 is 11.6 Å². The van der Waals surface area contributed by atoms with Crippen LogP contribution in [0.3, 0.4) is 0 Å². The van der Waals surface area contributed by atoms with Gasteiger partial charge < -0.3 is 4.90 Å². The Bertz CT molecular complexity index is 305. The first-order valence-corrected chi connectivity index (χ1v) is 5.65. The molecule has 3 heteroatoms. The maximum absolute atomic E-state index is 8.58. The fourth-order valence-electron chi connectivity index (χ4n) is 1.44. The second-order valence-electron chi connectivity index (χ2n) is 3.27. The number of benzene rings is 1. The van der Waals surface area contributed by atoms with Gasteiger partial charge in [0.25, 0.3) is 0 Å². The van der Waals surface area contributed by atoms with E-state index in [1.807, 2.05) is 18.2 Å². The molecule has 80 valence electrons. The minimum Gasteiger partial charge on any atom is -0.370 e. The van der Waals surface area contributed by atoms with E-state index in [1.165, 1.54) is 0 Å². The van der Waals surface area contributed by atoms with Crippen molar-refractivity contribution in [2.45, 2.75) is 12.8 Å². The molecule has 0 atom stereocenters. The monoisotopic (exact) mass is 222 g/mol. The third-order valence-corrected chi connectivity index (χ3v) is 2.44. The van der Waals surface area contributed by atoms with Crippen LogP contribution < -0.4 is 4.90 Å². The highest BCUT2D eigenvalue weighted by atomic mass is 35.5. The maximum Gasteiger partial charge on any atom is 0.0640 e. The summed E-state index contributed by atoms with van der Waals surface area (Å²) in [6.07, 6.45) is 1.50. The third-order valence-electron chi connectivity index (χ3n) is 2.18. The molecule has 1 aromatic rings. The minimum atomic E-state index is 0.553. The molecule has 0 spiro atoms. The summed E-state index contributed by atoms with van der Waals surface area (Å²) in [6, 6.07) is 12.3. The summed E-state index contributed by atoms with van der Waals surface area (Å²) in [7, 11) is 0. The standard InChI is InChI=1S/C12H15ClN2/c13-8-4-10-15(11-5-9-14)12-6-2-1-3-7-12/h1-3,6-7H,4-5,8,10-11H2. The summed E-state index contributed by atoms with van der Waals surface area (Å²) >= 11 is 5.68. The Kier molecular flexibility index (Phi) is 5.65. The van der Waals surface area contributed by atoms with Gasteiger partial charge in [-0.3, -0.25) is 0 Å². The summed E-state index contributed by atoms with van der Waals surface area (Å²) in [5.41, 5.74) is 1.16. The second-order valence-corrected chi connectivity index (χ2v) is 3.65. The van der Waals surface area contributed by atoms with Crippen LogP contribution in [0.1, 0.15) is 12.8 Å². The van der Waals surface area contributed by atoms with Crippen molar-refractivity contribution < 1.29 is 0 Å². The summed E-state index contributed by atoms with van der Waals surface area (Å²) in [6.45, 7) is 1.69. The minimum absolute atomic E-state index is 0.553. The van der Waals surface area contributed by atoms with Crippen molar-refractivity contribution in [3.8, 4) is 6.07 Å². The lowest BCUT2D eigenvalue weighted by Gasteiger charge is -2.23. The number of halogens is 1. The van der Waals surface area contributed by atoms with Gasteiger partial charge >= 0.3 is 0 Å². The van der Waals surface area contributed by atoms with Gasteiger partial charge in [-0.1, -0.05) is 18.2 Å². The number of rotatable bonds is 6. The van der Waals surface area contributed by atoms with E-state index < -0.39 is 0 Å². The van der Waals surface area contributed by atoms with Crippen LogP contribution in [0.2, 0.25) is 0 Å². The molecule has 2 nitrogen and oxygen atoms in total. The van der Waals surface area contributed by atoms with Crippen molar-refractivity contribution in [2.24, 2.45) is 0 Å². The van der Waals surface area contributed by atoms with Crippen LogP contribution in [0.5, 0.6) is 0 Å². The Morgan fingerprint density at radius 3 is 2.53 bits per heavy atom. The molecule has 0 aliphatic rings. The van der Waals surface area contributed by atoms with Gasteiger partial charge in [-0.05, 0) is 18.6 Å². The summed E-state index contributed by atoms with van der Waals surface area (Å²) in [5.74, 6) is 0.663. The fourth-order valence-corrected chi connectivity index (χ4v) is 1.56. The molecular formula is C12H15ClN2. The van der Waals surface area contributed by atoms with Gasteiger partial charge in [-0.2, -0.15) is 5.26 Å². The molecule has 0 saturated heterocycles. The van der Waals surface area contributed by atoms with Gasteiger partial charge in [0.15, 0.2) is 0 Å². The number of para-hydroxylation sites is 1. The predicted octanol–water partition coefficient (Wildman–Crippen LogP) is 3.04. The topological polar surface area (TPSA) is 27.0 Å². The second kappa shape index (κ2) is 7.14. The van der Waals surface area contributed by atoms with Crippen LogP contribution in [-0.4, -0.2) is 19.0 Å². The van der Waals surface area contributed by atoms with E-state index in [9.17, 15) is 0 Å². The largest absolute Gasteiger partial charge is 0.370 e. The Hall–Kier alpha value is -1.20. The first-order chi connectivity index (χ1) is 7.38. The number of anilines is 1. The highest BCUT2D eigenvalue weighted by Crippen LogP contribution is 2.13. The summed E-state index contributed by atoms with van der Waals surface area (Å²) in [5, 5.41) is 8.58. The molecule has 0 aliphatic carbocycles. The van der Waals surface area contributed by atoms with Crippen LogP contribution in [0.25, 0.3) is 0 Å². The molecule has 0 aliphatic heterocycles. The predicted molar refractivity (Wildman–Crippen MR) is 64.2 cm³/mol. The molecule has 0 aromatic heterocycles. The fraction of sp³-hybridized carbons (Fsp3) is 0.417. The Balaban J connectivity index is 2.59. The molecule has 0 saturated carbocycles.